The molecule has 0 nitrogen and oxygen atoms in total. The second-order valence-corrected chi connectivity index (χ2v) is 5.99. The molecule has 1 saturated carbocycles. The minimum absolute atomic E-state index is 0.642. The molecule has 0 heteroatoms. The summed E-state index contributed by atoms with van der Waals surface area (Å²) in [6.07, 6.45) is 5.45. The highest BCUT2D eigenvalue weighted by Gasteiger charge is 2.28. The zero-order valence-corrected chi connectivity index (χ0v) is 11.6. The van der Waals surface area contributed by atoms with Crippen molar-refractivity contribution in [1.82, 2.24) is 0 Å². The third-order valence-electron chi connectivity index (χ3n) is 4.47. The highest BCUT2D eigenvalue weighted by molar-refractivity contribution is 5.07. The summed E-state index contributed by atoms with van der Waals surface area (Å²) in [4.78, 5) is 0. The van der Waals surface area contributed by atoms with Crippen LogP contribution in [0.1, 0.15) is 53.4 Å². The van der Waals surface area contributed by atoms with Crippen molar-refractivity contribution in [2.24, 2.45) is 23.7 Å². The Labute approximate surface area is 102 Å². The van der Waals surface area contributed by atoms with E-state index in [0.717, 1.165) is 11.8 Å². The maximum Gasteiger partial charge on any atom is -0.0201 e. The highest BCUT2D eigenvalue weighted by atomic mass is 14.3. The molecule has 1 fully saturated rings. The largest absolute Gasteiger partial charge is 0.0999 e. The lowest BCUT2D eigenvalue weighted by atomic mass is 9.70. The minimum Gasteiger partial charge on any atom is -0.0999 e. The molecule has 0 spiro atoms. The summed E-state index contributed by atoms with van der Waals surface area (Å²) in [6, 6.07) is 0. The first-order valence-corrected chi connectivity index (χ1v) is 6.77. The lowest BCUT2D eigenvalue weighted by Gasteiger charge is -2.35. The Morgan fingerprint density at radius 3 is 2.25 bits per heavy atom. The van der Waals surface area contributed by atoms with Crippen molar-refractivity contribution in [2.75, 3.05) is 0 Å². The van der Waals surface area contributed by atoms with Gasteiger partial charge in [0.25, 0.3) is 0 Å². The van der Waals surface area contributed by atoms with Gasteiger partial charge in [-0.15, -0.1) is 0 Å². The zero-order valence-electron chi connectivity index (χ0n) is 11.6. The maximum absolute atomic E-state index is 4.29. The standard InChI is InChI=1S/C16H28/c1-11(2)13(5)15-8-7-9-16(10-15)14(6)12(3)4/h12-13,15-16H,1,6-10H2,2-5H3. The molecule has 1 aliphatic rings. The van der Waals surface area contributed by atoms with E-state index >= 15 is 0 Å². The van der Waals surface area contributed by atoms with E-state index in [4.69, 9.17) is 0 Å². The molecule has 1 aliphatic carbocycles. The monoisotopic (exact) mass is 220 g/mol. The van der Waals surface area contributed by atoms with Crippen molar-refractivity contribution >= 4 is 0 Å². The zero-order chi connectivity index (χ0) is 12.3. The van der Waals surface area contributed by atoms with Crippen molar-refractivity contribution < 1.29 is 0 Å². The van der Waals surface area contributed by atoms with Gasteiger partial charge in [0.1, 0.15) is 0 Å². The van der Waals surface area contributed by atoms with E-state index in [-0.39, 0.29) is 0 Å². The van der Waals surface area contributed by atoms with Crippen LogP contribution in [0.4, 0.5) is 0 Å². The SMILES string of the molecule is C=C(C(C)C)C1CCCC(C(C)C(=C)C)C1. The maximum atomic E-state index is 4.29. The fourth-order valence-corrected chi connectivity index (χ4v) is 2.89. The van der Waals surface area contributed by atoms with Gasteiger partial charge in [0.15, 0.2) is 0 Å². The molecule has 3 unspecified atom stereocenters. The Morgan fingerprint density at radius 2 is 1.75 bits per heavy atom. The van der Waals surface area contributed by atoms with E-state index < -0.39 is 0 Å². The van der Waals surface area contributed by atoms with Crippen LogP contribution in [0.3, 0.4) is 0 Å². The average molecular weight is 220 g/mol. The van der Waals surface area contributed by atoms with Crippen molar-refractivity contribution in [3.8, 4) is 0 Å². The molecular weight excluding hydrogens is 192 g/mol. The summed E-state index contributed by atoms with van der Waals surface area (Å²) < 4.78 is 0. The number of hydrogen-bond donors (Lipinski definition) is 0. The van der Waals surface area contributed by atoms with E-state index in [9.17, 15) is 0 Å². The van der Waals surface area contributed by atoms with Crippen LogP contribution in [0, 0.1) is 23.7 Å². The topological polar surface area (TPSA) is 0 Å². The van der Waals surface area contributed by atoms with E-state index in [1.807, 2.05) is 0 Å². The van der Waals surface area contributed by atoms with Gasteiger partial charge >= 0.3 is 0 Å². The summed E-state index contributed by atoms with van der Waals surface area (Å²) in [6.45, 7) is 17.5. The molecule has 0 saturated heterocycles. The lowest BCUT2D eigenvalue weighted by Crippen LogP contribution is -2.23. The summed E-state index contributed by atoms with van der Waals surface area (Å²) >= 11 is 0. The third-order valence-corrected chi connectivity index (χ3v) is 4.47. The molecule has 0 radical (unpaired) electrons. The van der Waals surface area contributed by atoms with Crippen LogP contribution in [0.25, 0.3) is 0 Å². The Bertz CT molecular complexity index is 259. The first-order valence-electron chi connectivity index (χ1n) is 6.77. The molecule has 0 heterocycles. The Kier molecular flexibility index (Phi) is 4.83. The molecule has 1 rings (SSSR count). The van der Waals surface area contributed by atoms with Gasteiger partial charge in [-0.05, 0) is 49.9 Å². The first kappa shape index (κ1) is 13.5. The third kappa shape index (κ3) is 3.23. The minimum atomic E-state index is 0.642. The smallest absolute Gasteiger partial charge is 0.0201 e. The van der Waals surface area contributed by atoms with Crippen molar-refractivity contribution in [3.05, 3.63) is 24.3 Å². The molecule has 3 atom stereocenters. The summed E-state index contributed by atoms with van der Waals surface area (Å²) in [5.74, 6) is 2.93. The van der Waals surface area contributed by atoms with E-state index in [1.54, 1.807) is 0 Å². The summed E-state index contributed by atoms with van der Waals surface area (Å²) in [5, 5.41) is 0. The second-order valence-electron chi connectivity index (χ2n) is 5.99. The number of allylic oxidation sites excluding steroid dienone is 2. The lowest BCUT2D eigenvalue weighted by molar-refractivity contribution is 0.238. The Hall–Kier alpha value is -0.520. The molecule has 0 aromatic heterocycles. The van der Waals surface area contributed by atoms with Crippen molar-refractivity contribution in [3.63, 3.8) is 0 Å². The predicted octanol–water partition coefficient (Wildman–Crippen LogP) is 5.22. The Morgan fingerprint density at radius 1 is 1.12 bits per heavy atom. The van der Waals surface area contributed by atoms with Gasteiger partial charge in [0.05, 0.1) is 0 Å². The van der Waals surface area contributed by atoms with Gasteiger partial charge in [-0.25, -0.2) is 0 Å². The molecule has 16 heavy (non-hydrogen) atoms. The summed E-state index contributed by atoms with van der Waals surface area (Å²) in [7, 11) is 0. The van der Waals surface area contributed by atoms with E-state index in [1.165, 1.54) is 36.8 Å². The molecule has 0 amide bonds. The van der Waals surface area contributed by atoms with Crippen LogP contribution in [0.15, 0.2) is 24.3 Å². The van der Waals surface area contributed by atoms with Crippen LogP contribution in [-0.2, 0) is 0 Å². The average Bonchev–Trinajstić information content (AvgIpc) is 2.26. The Balaban J connectivity index is 2.60. The van der Waals surface area contributed by atoms with Crippen LogP contribution >= 0.6 is 0 Å². The van der Waals surface area contributed by atoms with Gasteiger partial charge in [0.2, 0.25) is 0 Å². The number of rotatable bonds is 4. The van der Waals surface area contributed by atoms with Crippen LogP contribution < -0.4 is 0 Å². The summed E-state index contributed by atoms with van der Waals surface area (Å²) in [5.41, 5.74) is 2.82. The van der Waals surface area contributed by atoms with E-state index in [2.05, 4.69) is 40.9 Å². The van der Waals surface area contributed by atoms with Gasteiger partial charge in [-0.3, -0.25) is 0 Å². The quantitative estimate of drug-likeness (QED) is 0.570. The van der Waals surface area contributed by atoms with E-state index in [0.29, 0.717) is 11.8 Å². The van der Waals surface area contributed by atoms with Crippen LogP contribution in [-0.4, -0.2) is 0 Å². The molecule has 0 bridgehead atoms. The van der Waals surface area contributed by atoms with Crippen LogP contribution in [0.5, 0.6) is 0 Å². The van der Waals surface area contributed by atoms with Gasteiger partial charge in [0, 0.05) is 0 Å². The fraction of sp³-hybridized carbons (Fsp3) is 0.750. The first-order chi connectivity index (χ1) is 7.43. The fourth-order valence-electron chi connectivity index (χ4n) is 2.89. The van der Waals surface area contributed by atoms with Crippen molar-refractivity contribution in [2.45, 2.75) is 53.4 Å². The van der Waals surface area contributed by atoms with Crippen molar-refractivity contribution in [1.29, 1.82) is 0 Å². The normalized spacial score (nSPS) is 27.8. The van der Waals surface area contributed by atoms with Gasteiger partial charge < -0.3 is 0 Å². The second kappa shape index (κ2) is 5.70. The molecule has 0 aromatic carbocycles. The molecule has 0 N–H and O–H groups in total. The highest BCUT2D eigenvalue weighted by Crippen LogP contribution is 2.40. The molecular formula is C16H28. The number of hydrogen-bond acceptors (Lipinski definition) is 0. The van der Waals surface area contributed by atoms with Crippen LogP contribution in [0.2, 0.25) is 0 Å². The molecule has 92 valence electrons. The predicted molar refractivity (Wildman–Crippen MR) is 73.4 cm³/mol. The van der Waals surface area contributed by atoms with Gasteiger partial charge in [-0.2, -0.15) is 0 Å². The van der Waals surface area contributed by atoms with Gasteiger partial charge in [-0.1, -0.05) is 51.5 Å². The molecule has 0 aromatic rings. The molecule has 0 aliphatic heterocycles.